The second-order valence-electron chi connectivity index (χ2n) is 6.78. The maximum atomic E-state index is 9.67. The van der Waals surface area contributed by atoms with Crippen LogP contribution in [0.2, 0.25) is 0 Å². The summed E-state index contributed by atoms with van der Waals surface area (Å²) in [5.74, 6) is 0.915. The van der Waals surface area contributed by atoms with E-state index < -0.39 is 0 Å². The second kappa shape index (κ2) is 8.51. The summed E-state index contributed by atoms with van der Waals surface area (Å²) in [6.07, 6.45) is 0. The van der Waals surface area contributed by atoms with Crippen molar-refractivity contribution >= 4 is 0 Å². The number of methoxy groups -OCH3 is 1. The summed E-state index contributed by atoms with van der Waals surface area (Å²) in [4.78, 5) is 2.36. The van der Waals surface area contributed by atoms with Gasteiger partial charge in [-0.15, -0.1) is 0 Å². The van der Waals surface area contributed by atoms with E-state index in [1.165, 1.54) is 5.56 Å². The predicted molar refractivity (Wildman–Crippen MR) is 92.4 cm³/mol. The van der Waals surface area contributed by atoms with Gasteiger partial charge in [-0.25, -0.2) is 0 Å². The van der Waals surface area contributed by atoms with Crippen LogP contribution in [-0.2, 0) is 0 Å². The van der Waals surface area contributed by atoms with E-state index >= 15 is 0 Å². The molecule has 0 amide bonds. The van der Waals surface area contributed by atoms with Gasteiger partial charge in [0.2, 0.25) is 0 Å². The van der Waals surface area contributed by atoms with Gasteiger partial charge in [0.05, 0.1) is 13.7 Å². The first-order valence-electron chi connectivity index (χ1n) is 8.07. The van der Waals surface area contributed by atoms with E-state index in [-0.39, 0.29) is 24.2 Å². The molecule has 0 spiro atoms. The highest BCUT2D eigenvalue weighted by molar-refractivity contribution is 5.35. The van der Waals surface area contributed by atoms with Crippen molar-refractivity contribution < 1.29 is 9.84 Å². The molecule has 0 bridgehead atoms. The van der Waals surface area contributed by atoms with Gasteiger partial charge in [-0.2, -0.15) is 0 Å². The van der Waals surface area contributed by atoms with Crippen molar-refractivity contribution in [2.45, 2.75) is 52.2 Å². The molecular weight excluding hydrogens is 276 g/mol. The smallest absolute Gasteiger partial charge is 0.123 e. The van der Waals surface area contributed by atoms with Gasteiger partial charge in [-0.05, 0) is 40.3 Å². The van der Waals surface area contributed by atoms with Gasteiger partial charge < -0.3 is 15.2 Å². The van der Waals surface area contributed by atoms with Crippen LogP contribution in [0.5, 0.6) is 5.75 Å². The molecule has 4 heteroatoms. The number of likely N-dealkylation sites (N-methyl/N-ethyl adjacent to an activating group) is 1. The molecule has 0 aliphatic heterocycles. The van der Waals surface area contributed by atoms with Crippen LogP contribution in [0, 0.1) is 0 Å². The molecule has 0 aliphatic carbocycles. The minimum atomic E-state index is -0.0134. The minimum absolute atomic E-state index is 0.0134. The Bertz CT molecular complexity index is 443. The fourth-order valence-electron chi connectivity index (χ4n) is 2.81. The van der Waals surface area contributed by atoms with Crippen molar-refractivity contribution in [3.05, 3.63) is 29.8 Å². The lowest BCUT2D eigenvalue weighted by Crippen LogP contribution is -2.51. The molecule has 4 nitrogen and oxygen atoms in total. The number of hydrogen-bond acceptors (Lipinski definition) is 4. The molecule has 1 aromatic carbocycles. The molecule has 0 saturated heterocycles. The summed E-state index contributed by atoms with van der Waals surface area (Å²) in [5.41, 5.74) is 1.17. The number of benzene rings is 1. The van der Waals surface area contributed by atoms with Crippen molar-refractivity contribution in [3.8, 4) is 5.75 Å². The molecule has 0 aliphatic rings. The zero-order chi connectivity index (χ0) is 16.8. The third-order valence-electron chi connectivity index (χ3n) is 3.86. The number of aliphatic hydroxyl groups is 1. The molecule has 1 rings (SSSR count). The van der Waals surface area contributed by atoms with Gasteiger partial charge in [0.15, 0.2) is 0 Å². The van der Waals surface area contributed by atoms with E-state index in [0.29, 0.717) is 0 Å². The monoisotopic (exact) mass is 308 g/mol. The number of nitrogens with one attached hydrogen (secondary N) is 1. The van der Waals surface area contributed by atoms with Crippen LogP contribution in [0.3, 0.4) is 0 Å². The molecule has 0 unspecified atom stereocenters. The molecule has 2 N–H and O–H groups in total. The molecule has 2 atom stereocenters. The normalized spacial score (nSPS) is 14.9. The number of rotatable bonds is 8. The van der Waals surface area contributed by atoms with Crippen LogP contribution < -0.4 is 10.1 Å². The predicted octanol–water partition coefficient (Wildman–Crippen LogP) is 2.83. The molecular formula is C18H32N2O2. The number of ether oxygens (including phenoxy) is 1. The van der Waals surface area contributed by atoms with E-state index in [4.69, 9.17) is 4.74 Å². The Labute approximate surface area is 135 Å². The lowest BCUT2D eigenvalue weighted by atomic mass is 10.0. The summed E-state index contributed by atoms with van der Waals surface area (Å²) < 4.78 is 5.48. The summed E-state index contributed by atoms with van der Waals surface area (Å²) in [5, 5.41) is 13.2. The van der Waals surface area contributed by atoms with Gasteiger partial charge in [0, 0.05) is 29.7 Å². The Morgan fingerprint density at radius 3 is 2.41 bits per heavy atom. The van der Waals surface area contributed by atoms with Crippen LogP contribution in [0.1, 0.15) is 46.2 Å². The zero-order valence-electron chi connectivity index (χ0n) is 14.9. The average molecular weight is 308 g/mol. The van der Waals surface area contributed by atoms with Gasteiger partial charge >= 0.3 is 0 Å². The quantitative estimate of drug-likeness (QED) is 0.775. The van der Waals surface area contributed by atoms with Crippen molar-refractivity contribution in [2.75, 3.05) is 26.8 Å². The third kappa shape index (κ3) is 5.59. The zero-order valence-corrected chi connectivity index (χ0v) is 14.9. The lowest BCUT2D eigenvalue weighted by Gasteiger charge is -2.35. The highest BCUT2D eigenvalue weighted by Crippen LogP contribution is 2.28. The van der Waals surface area contributed by atoms with Crippen molar-refractivity contribution in [3.63, 3.8) is 0 Å². The van der Waals surface area contributed by atoms with Crippen LogP contribution in [0.4, 0.5) is 0 Å². The number of hydrogen-bond donors (Lipinski definition) is 2. The van der Waals surface area contributed by atoms with Crippen molar-refractivity contribution in [2.24, 2.45) is 0 Å². The fraction of sp³-hybridized carbons (Fsp3) is 0.667. The fourth-order valence-corrected chi connectivity index (χ4v) is 2.81. The molecule has 126 valence electrons. The molecule has 0 radical (unpaired) electrons. The molecule has 0 aromatic heterocycles. The average Bonchev–Trinajstić information content (AvgIpc) is 2.49. The van der Waals surface area contributed by atoms with Crippen LogP contribution >= 0.6 is 0 Å². The van der Waals surface area contributed by atoms with Crippen molar-refractivity contribution in [1.29, 1.82) is 0 Å². The van der Waals surface area contributed by atoms with Crippen molar-refractivity contribution in [1.82, 2.24) is 10.2 Å². The highest BCUT2D eigenvalue weighted by atomic mass is 16.5. The molecule has 0 saturated carbocycles. The maximum Gasteiger partial charge on any atom is 0.123 e. The first-order chi connectivity index (χ1) is 10.3. The molecule has 1 aromatic rings. The Morgan fingerprint density at radius 1 is 1.27 bits per heavy atom. The van der Waals surface area contributed by atoms with Gasteiger partial charge in [0.1, 0.15) is 5.75 Å². The molecule has 0 fully saturated rings. The summed E-state index contributed by atoms with van der Waals surface area (Å²) in [6.45, 7) is 12.5. The van der Waals surface area contributed by atoms with Crippen LogP contribution in [-0.4, -0.2) is 48.4 Å². The van der Waals surface area contributed by atoms with Gasteiger partial charge in [0.25, 0.3) is 0 Å². The first-order valence-corrected chi connectivity index (χ1v) is 8.07. The minimum Gasteiger partial charge on any atom is -0.496 e. The first kappa shape index (κ1) is 18.9. The Balaban J connectivity index is 2.85. The molecule has 0 heterocycles. The summed E-state index contributed by atoms with van der Waals surface area (Å²) >= 11 is 0. The van der Waals surface area contributed by atoms with E-state index in [2.05, 4.69) is 50.9 Å². The Kier molecular flexibility index (Phi) is 7.33. The molecule has 22 heavy (non-hydrogen) atoms. The van der Waals surface area contributed by atoms with Crippen LogP contribution in [0.15, 0.2) is 24.3 Å². The SMILES string of the molecule is CCN(C[C@@H](CO)NC(C)(C)C)[C@@H](C)c1ccccc1OC. The maximum absolute atomic E-state index is 9.67. The van der Waals surface area contributed by atoms with Gasteiger partial charge in [-0.1, -0.05) is 25.1 Å². The number of aliphatic hydroxyl groups excluding tert-OH is 1. The topological polar surface area (TPSA) is 44.7 Å². The van der Waals surface area contributed by atoms with E-state index in [1.807, 2.05) is 18.2 Å². The summed E-state index contributed by atoms with van der Waals surface area (Å²) in [6, 6.07) is 8.42. The largest absolute Gasteiger partial charge is 0.496 e. The van der Waals surface area contributed by atoms with Crippen LogP contribution in [0.25, 0.3) is 0 Å². The Morgan fingerprint density at radius 2 is 1.91 bits per heavy atom. The van der Waals surface area contributed by atoms with E-state index in [9.17, 15) is 5.11 Å². The summed E-state index contributed by atoms with van der Waals surface area (Å²) in [7, 11) is 1.71. The lowest BCUT2D eigenvalue weighted by molar-refractivity contribution is 0.140. The standard InChI is InChI=1S/C18H32N2O2/c1-7-20(12-15(13-21)19-18(3,4)5)14(2)16-10-8-9-11-17(16)22-6/h8-11,14-15,19,21H,7,12-13H2,1-6H3/t14-,15-/m0/s1. The van der Waals surface area contributed by atoms with Gasteiger partial charge in [-0.3, -0.25) is 4.90 Å². The van der Waals surface area contributed by atoms with E-state index in [1.54, 1.807) is 7.11 Å². The highest BCUT2D eigenvalue weighted by Gasteiger charge is 2.23. The second-order valence-corrected chi connectivity index (χ2v) is 6.78. The third-order valence-corrected chi connectivity index (χ3v) is 3.86. The van der Waals surface area contributed by atoms with E-state index in [0.717, 1.165) is 18.8 Å². The Hall–Kier alpha value is -1.10. The number of para-hydroxylation sites is 1. The number of nitrogens with zero attached hydrogens (tertiary/aromatic N) is 1.